The van der Waals surface area contributed by atoms with E-state index in [9.17, 15) is 9.90 Å². The summed E-state index contributed by atoms with van der Waals surface area (Å²) in [6.07, 6.45) is -1.39. The van der Waals surface area contributed by atoms with Crippen LogP contribution in [0.2, 0.25) is 0 Å². The first-order valence-electron chi connectivity index (χ1n) is 6.59. The third-order valence-electron chi connectivity index (χ3n) is 2.66. The molecule has 112 valence electrons. The molecule has 0 aliphatic carbocycles. The summed E-state index contributed by atoms with van der Waals surface area (Å²) in [6, 6.07) is 8.77. The van der Waals surface area contributed by atoms with Crippen molar-refractivity contribution in [3.63, 3.8) is 0 Å². The average molecular weight is 280 g/mol. The number of hydrogen-bond acceptors (Lipinski definition) is 4. The van der Waals surface area contributed by atoms with Crippen LogP contribution in [0.1, 0.15) is 32.4 Å². The zero-order valence-corrected chi connectivity index (χ0v) is 12.8. The molecule has 0 saturated heterocycles. The smallest absolute Gasteiger partial charge is 0.408 e. The third-order valence-corrected chi connectivity index (χ3v) is 2.66. The summed E-state index contributed by atoms with van der Waals surface area (Å²) in [4.78, 5) is 13.5. The minimum absolute atomic E-state index is 0.549. The van der Waals surface area contributed by atoms with E-state index in [0.717, 1.165) is 5.56 Å². The highest BCUT2D eigenvalue weighted by Gasteiger charge is 2.27. The average Bonchev–Trinajstić information content (AvgIpc) is 2.34. The standard InChI is InChI=1S/C15H24N2O3/c1-15(2,3)20-14(19)16-12(13(18)17(4)5)11-9-7-6-8-10-11/h6-10,12-13,18H,1-5H3,(H,16,19)/t12-,13-/m0/s1. The molecule has 0 radical (unpaired) electrons. The minimum Gasteiger partial charge on any atom is -0.444 e. The highest BCUT2D eigenvalue weighted by Crippen LogP contribution is 2.19. The van der Waals surface area contributed by atoms with E-state index in [2.05, 4.69) is 5.32 Å². The van der Waals surface area contributed by atoms with Crippen molar-refractivity contribution >= 4 is 6.09 Å². The molecule has 2 atom stereocenters. The van der Waals surface area contributed by atoms with E-state index in [1.54, 1.807) is 39.8 Å². The van der Waals surface area contributed by atoms with Crippen molar-refractivity contribution < 1.29 is 14.6 Å². The Kier molecular flexibility index (Phi) is 5.53. The largest absolute Gasteiger partial charge is 0.444 e. The van der Waals surface area contributed by atoms with E-state index >= 15 is 0 Å². The fourth-order valence-corrected chi connectivity index (χ4v) is 1.72. The third kappa shape index (κ3) is 5.19. The number of ether oxygens (including phenoxy) is 1. The number of rotatable bonds is 4. The second-order valence-corrected chi connectivity index (χ2v) is 5.91. The van der Waals surface area contributed by atoms with Gasteiger partial charge in [-0.1, -0.05) is 30.3 Å². The second kappa shape index (κ2) is 6.72. The number of likely N-dealkylation sites (N-methyl/N-ethyl adjacent to an activating group) is 1. The van der Waals surface area contributed by atoms with Gasteiger partial charge >= 0.3 is 6.09 Å². The first kappa shape index (κ1) is 16.5. The van der Waals surface area contributed by atoms with Gasteiger partial charge in [-0.15, -0.1) is 0 Å². The summed E-state index contributed by atoms with van der Waals surface area (Å²) in [5, 5.41) is 13.0. The molecular formula is C15H24N2O3. The predicted octanol–water partition coefficient (Wildman–Crippen LogP) is 2.13. The lowest BCUT2D eigenvalue weighted by molar-refractivity contribution is -0.00236. The summed E-state index contributed by atoms with van der Waals surface area (Å²) in [5.74, 6) is 0. The summed E-state index contributed by atoms with van der Waals surface area (Å²) in [5.41, 5.74) is 0.244. The van der Waals surface area contributed by atoms with Crippen molar-refractivity contribution in [1.29, 1.82) is 0 Å². The van der Waals surface area contributed by atoms with Crippen molar-refractivity contribution in [2.75, 3.05) is 14.1 Å². The van der Waals surface area contributed by atoms with Crippen LogP contribution in [-0.2, 0) is 4.74 Å². The highest BCUT2D eigenvalue weighted by atomic mass is 16.6. The van der Waals surface area contributed by atoms with Crippen molar-refractivity contribution in [2.45, 2.75) is 38.6 Å². The lowest BCUT2D eigenvalue weighted by Gasteiger charge is -2.30. The van der Waals surface area contributed by atoms with Crippen LogP contribution in [-0.4, -0.2) is 42.0 Å². The number of carbonyl (C=O) groups excluding carboxylic acids is 1. The number of benzene rings is 1. The van der Waals surface area contributed by atoms with Gasteiger partial charge in [-0.05, 0) is 40.4 Å². The molecule has 1 aromatic rings. The Labute approximate surface area is 120 Å². The fraction of sp³-hybridized carbons (Fsp3) is 0.533. The van der Waals surface area contributed by atoms with Gasteiger partial charge in [0.25, 0.3) is 0 Å². The maximum atomic E-state index is 11.9. The number of hydrogen-bond donors (Lipinski definition) is 2. The molecule has 0 aliphatic rings. The Bertz CT molecular complexity index is 426. The van der Waals surface area contributed by atoms with Gasteiger partial charge in [-0.25, -0.2) is 4.79 Å². The topological polar surface area (TPSA) is 61.8 Å². The molecule has 0 aliphatic heterocycles. The van der Waals surface area contributed by atoms with E-state index < -0.39 is 24.0 Å². The predicted molar refractivity (Wildman–Crippen MR) is 78.2 cm³/mol. The van der Waals surface area contributed by atoms with Crippen LogP contribution < -0.4 is 5.32 Å². The molecular weight excluding hydrogens is 256 g/mol. The molecule has 5 heteroatoms. The number of nitrogens with zero attached hydrogens (tertiary/aromatic N) is 1. The van der Waals surface area contributed by atoms with Crippen molar-refractivity contribution in [3.8, 4) is 0 Å². The highest BCUT2D eigenvalue weighted by molar-refractivity contribution is 5.68. The number of alkyl carbamates (subject to hydrolysis) is 1. The van der Waals surface area contributed by atoms with Crippen LogP contribution in [0, 0.1) is 0 Å². The molecule has 1 amide bonds. The van der Waals surface area contributed by atoms with Gasteiger partial charge in [0.1, 0.15) is 11.8 Å². The summed E-state index contributed by atoms with van der Waals surface area (Å²) >= 11 is 0. The number of amides is 1. The molecule has 0 fully saturated rings. The van der Waals surface area contributed by atoms with E-state index in [4.69, 9.17) is 4.74 Å². The number of aliphatic hydroxyl groups excluding tert-OH is 1. The molecule has 1 rings (SSSR count). The Morgan fingerprint density at radius 1 is 1.25 bits per heavy atom. The Morgan fingerprint density at radius 3 is 2.25 bits per heavy atom. The van der Waals surface area contributed by atoms with Crippen LogP contribution in [0.25, 0.3) is 0 Å². The fourth-order valence-electron chi connectivity index (χ4n) is 1.72. The lowest BCUT2D eigenvalue weighted by atomic mass is 10.1. The van der Waals surface area contributed by atoms with Gasteiger partial charge in [0, 0.05) is 0 Å². The van der Waals surface area contributed by atoms with Gasteiger partial charge in [-0.2, -0.15) is 0 Å². The van der Waals surface area contributed by atoms with E-state index in [1.807, 2.05) is 30.3 Å². The molecule has 0 spiro atoms. The van der Waals surface area contributed by atoms with Gasteiger partial charge < -0.3 is 15.2 Å². The molecule has 2 N–H and O–H groups in total. The lowest BCUT2D eigenvalue weighted by Crippen LogP contribution is -2.44. The van der Waals surface area contributed by atoms with Crippen LogP contribution in [0.15, 0.2) is 30.3 Å². The maximum Gasteiger partial charge on any atom is 0.408 e. The zero-order chi connectivity index (χ0) is 15.3. The molecule has 0 saturated carbocycles. The number of aliphatic hydroxyl groups is 1. The number of nitrogens with one attached hydrogen (secondary N) is 1. The first-order valence-corrected chi connectivity index (χ1v) is 6.59. The van der Waals surface area contributed by atoms with Gasteiger partial charge in [-0.3, -0.25) is 4.90 Å². The van der Waals surface area contributed by atoms with Gasteiger partial charge in [0.2, 0.25) is 0 Å². The molecule has 0 aromatic heterocycles. The van der Waals surface area contributed by atoms with Gasteiger partial charge in [0.15, 0.2) is 0 Å². The Hall–Kier alpha value is -1.59. The SMILES string of the molecule is CN(C)[C@@H](O)[C@@H](NC(=O)OC(C)(C)C)c1ccccc1. The summed E-state index contributed by atoms with van der Waals surface area (Å²) < 4.78 is 5.24. The zero-order valence-electron chi connectivity index (χ0n) is 12.8. The van der Waals surface area contributed by atoms with Crippen LogP contribution in [0.3, 0.4) is 0 Å². The molecule has 0 unspecified atom stereocenters. The van der Waals surface area contributed by atoms with Crippen molar-refractivity contribution in [2.24, 2.45) is 0 Å². The summed E-state index contributed by atoms with van der Waals surface area (Å²) in [7, 11) is 3.49. The van der Waals surface area contributed by atoms with E-state index in [-0.39, 0.29) is 0 Å². The molecule has 0 heterocycles. The normalized spacial score (nSPS) is 14.8. The van der Waals surface area contributed by atoms with Gasteiger partial charge in [0.05, 0.1) is 6.04 Å². The molecule has 5 nitrogen and oxygen atoms in total. The molecule has 1 aromatic carbocycles. The summed E-state index contributed by atoms with van der Waals surface area (Å²) in [6.45, 7) is 5.39. The first-order chi connectivity index (χ1) is 9.20. The van der Waals surface area contributed by atoms with Crippen molar-refractivity contribution in [1.82, 2.24) is 10.2 Å². The Balaban J connectivity index is 2.87. The van der Waals surface area contributed by atoms with Crippen LogP contribution >= 0.6 is 0 Å². The molecule has 0 bridgehead atoms. The number of carbonyl (C=O) groups is 1. The monoisotopic (exact) mass is 280 g/mol. The second-order valence-electron chi connectivity index (χ2n) is 5.91. The van der Waals surface area contributed by atoms with E-state index in [1.165, 1.54) is 0 Å². The Morgan fingerprint density at radius 2 is 1.80 bits per heavy atom. The van der Waals surface area contributed by atoms with Crippen molar-refractivity contribution in [3.05, 3.63) is 35.9 Å². The minimum atomic E-state index is -0.843. The van der Waals surface area contributed by atoms with E-state index in [0.29, 0.717) is 0 Å². The quantitative estimate of drug-likeness (QED) is 0.829. The van der Waals surface area contributed by atoms with Crippen LogP contribution in [0.5, 0.6) is 0 Å². The van der Waals surface area contributed by atoms with Crippen LogP contribution in [0.4, 0.5) is 4.79 Å². The molecule has 20 heavy (non-hydrogen) atoms. The maximum absolute atomic E-state index is 11.9.